The highest BCUT2D eigenvalue weighted by molar-refractivity contribution is 6.09. The lowest BCUT2D eigenvalue weighted by Crippen LogP contribution is -2.25. The fourth-order valence-electron chi connectivity index (χ4n) is 4.42. The van der Waals surface area contributed by atoms with E-state index >= 15 is 0 Å². The molecule has 0 bridgehead atoms. The number of hydrogen-bond acceptors (Lipinski definition) is 2. The molecule has 0 spiro atoms. The number of halogens is 3. The van der Waals surface area contributed by atoms with E-state index in [1.165, 1.54) is 62.6 Å². The highest BCUT2D eigenvalue weighted by atomic mass is 19.4. The van der Waals surface area contributed by atoms with E-state index in [2.05, 4.69) is 31.2 Å². The molecule has 1 aliphatic carbocycles. The van der Waals surface area contributed by atoms with Crippen LogP contribution in [0.25, 0.3) is 11.1 Å². The van der Waals surface area contributed by atoms with Gasteiger partial charge in [0.2, 0.25) is 5.78 Å². The molecule has 2 nitrogen and oxygen atoms in total. The zero-order valence-electron chi connectivity index (χ0n) is 17.9. The fraction of sp³-hybridized carbons (Fsp3) is 0.462. The van der Waals surface area contributed by atoms with E-state index in [9.17, 15) is 22.8 Å². The Labute approximate surface area is 181 Å². The Morgan fingerprint density at radius 1 is 0.871 bits per heavy atom. The molecule has 1 saturated carbocycles. The van der Waals surface area contributed by atoms with Crippen LogP contribution in [0.1, 0.15) is 80.1 Å². The molecule has 0 atom stereocenters. The van der Waals surface area contributed by atoms with E-state index in [0.717, 1.165) is 17.0 Å². The maximum absolute atomic E-state index is 12.3. The second-order valence-electron chi connectivity index (χ2n) is 8.58. The molecule has 31 heavy (non-hydrogen) atoms. The van der Waals surface area contributed by atoms with Gasteiger partial charge in [-0.3, -0.25) is 9.59 Å². The number of hydrogen-bond donors (Lipinski definition) is 0. The number of alkyl halides is 3. The van der Waals surface area contributed by atoms with Crippen LogP contribution in [0.3, 0.4) is 0 Å². The van der Waals surface area contributed by atoms with Crippen LogP contribution in [0.15, 0.2) is 48.5 Å². The minimum absolute atomic E-state index is 0.109. The van der Waals surface area contributed by atoms with Gasteiger partial charge in [-0.05, 0) is 54.2 Å². The van der Waals surface area contributed by atoms with E-state index in [1.54, 1.807) is 12.1 Å². The van der Waals surface area contributed by atoms with Gasteiger partial charge in [0.1, 0.15) is 0 Å². The van der Waals surface area contributed by atoms with E-state index < -0.39 is 24.2 Å². The number of unbranched alkanes of at least 4 members (excludes halogenated alkanes) is 1. The van der Waals surface area contributed by atoms with Crippen molar-refractivity contribution in [2.45, 2.75) is 70.4 Å². The predicted octanol–water partition coefficient (Wildman–Crippen LogP) is 7.52. The largest absolute Gasteiger partial charge is 0.450 e. The Hall–Kier alpha value is -2.43. The summed E-state index contributed by atoms with van der Waals surface area (Å²) in [6.07, 6.45) is 2.89. The van der Waals surface area contributed by atoms with Crippen molar-refractivity contribution >= 4 is 11.6 Å². The standard InChI is InChI=1S/C26H29F3O2/c1-2-3-4-18-5-7-19(8-6-18)20-9-11-21(12-10-20)22-13-15-23(16-14-22)24(30)17-25(31)26(27,28)29/h9-16,18-19H,2-8,17H2,1H3. The van der Waals surface area contributed by atoms with Gasteiger partial charge in [-0.2, -0.15) is 13.2 Å². The van der Waals surface area contributed by atoms with Gasteiger partial charge in [-0.1, -0.05) is 74.7 Å². The van der Waals surface area contributed by atoms with Gasteiger partial charge >= 0.3 is 6.18 Å². The monoisotopic (exact) mass is 430 g/mol. The number of carbonyl (C=O) groups excluding carboxylic acids is 2. The van der Waals surface area contributed by atoms with Crippen molar-refractivity contribution in [1.82, 2.24) is 0 Å². The second-order valence-corrected chi connectivity index (χ2v) is 8.58. The van der Waals surface area contributed by atoms with Crippen LogP contribution >= 0.6 is 0 Å². The summed E-state index contributed by atoms with van der Waals surface area (Å²) in [5.74, 6) is -1.35. The normalized spacial score (nSPS) is 19.2. The van der Waals surface area contributed by atoms with Gasteiger partial charge in [0, 0.05) is 5.56 Å². The zero-order valence-corrected chi connectivity index (χ0v) is 17.9. The number of rotatable bonds is 8. The van der Waals surface area contributed by atoms with Gasteiger partial charge < -0.3 is 0 Å². The van der Waals surface area contributed by atoms with Crippen molar-refractivity contribution in [2.75, 3.05) is 0 Å². The van der Waals surface area contributed by atoms with E-state index in [1.807, 2.05) is 0 Å². The smallest absolute Gasteiger partial charge is 0.294 e. The van der Waals surface area contributed by atoms with Crippen LogP contribution in [-0.4, -0.2) is 17.7 Å². The number of Topliss-reactive ketones (excluding diaryl/α,β-unsaturated/α-hetero) is 2. The molecule has 2 aromatic carbocycles. The van der Waals surface area contributed by atoms with Gasteiger partial charge in [0.25, 0.3) is 0 Å². The summed E-state index contributed by atoms with van der Waals surface area (Å²) in [7, 11) is 0. The third-order valence-electron chi connectivity index (χ3n) is 6.37. The molecule has 0 N–H and O–H groups in total. The molecule has 0 unspecified atom stereocenters. The first kappa shape index (κ1) is 23.2. The highest BCUT2D eigenvalue weighted by Gasteiger charge is 2.39. The van der Waals surface area contributed by atoms with Gasteiger partial charge in [-0.25, -0.2) is 0 Å². The molecule has 1 aliphatic rings. The molecule has 2 aromatic rings. The molecular formula is C26H29F3O2. The van der Waals surface area contributed by atoms with Crippen molar-refractivity contribution in [2.24, 2.45) is 5.92 Å². The molecule has 166 valence electrons. The summed E-state index contributed by atoms with van der Waals surface area (Å²) in [4.78, 5) is 22.9. The van der Waals surface area contributed by atoms with Crippen molar-refractivity contribution in [1.29, 1.82) is 0 Å². The number of carbonyl (C=O) groups is 2. The summed E-state index contributed by atoms with van der Waals surface area (Å²) < 4.78 is 37.0. The van der Waals surface area contributed by atoms with Crippen LogP contribution in [0, 0.1) is 5.92 Å². The Kier molecular flexibility index (Phi) is 7.69. The SMILES string of the molecule is CCCCC1CCC(c2ccc(-c3ccc(C(=O)CC(=O)C(F)(F)F)cc3)cc2)CC1. The maximum Gasteiger partial charge on any atom is 0.450 e. The van der Waals surface area contributed by atoms with E-state index in [-0.39, 0.29) is 5.56 Å². The minimum atomic E-state index is -4.98. The van der Waals surface area contributed by atoms with Gasteiger partial charge in [-0.15, -0.1) is 0 Å². The Morgan fingerprint density at radius 2 is 1.42 bits per heavy atom. The van der Waals surface area contributed by atoms with Crippen LogP contribution in [0.4, 0.5) is 13.2 Å². The van der Waals surface area contributed by atoms with Crippen molar-refractivity contribution in [3.8, 4) is 11.1 Å². The molecule has 1 fully saturated rings. The maximum atomic E-state index is 12.3. The van der Waals surface area contributed by atoms with Gasteiger partial charge in [0.05, 0.1) is 6.42 Å². The van der Waals surface area contributed by atoms with Crippen LogP contribution in [0.2, 0.25) is 0 Å². The number of ketones is 2. The average molecular weight is 431 g/mol. The van der Waals surface area contributed by atoms with Crippen molar-refractivity contribution in [3.63, 3.8) is 0 Å². The first-order valence-corrected chi connectivity index (χ1v) is 11.1. The summed E-state index contributed by atoms with van der Waals surface area (Å²) in [5, 5.41) is 0. The molecule has 0 saturated heterocycles. The Balaban J connectivity index is 1.59. The highest BCUT2D eigenvalue weighted by Crippen LogP contribution is 2.38. The Morgan fingerprint density at radius 3 is 1.94 bits per heavy atom. The second kappa shape index (κ2) is 10.3. The molecule has 0 heterocycles. The lowest BCUT2D eigenvalue weighted by Gasteiger charge is -2.29. The third kappa shape index (κ3) is 6.28. The zero-order chi connectivity index (χ0) is 22.4. The van der Waals surface area contributed by atoms with Crippen molar-refractivity contribution < 1.29 is 22.8 Å². The number of benzene rings is 2. The first-order chi connectivity index (χ1) is 14.8. The lowest BCUT2D eigenvalue weighted by atomic mass is 9.77. The Bertz CT molecular complexity index is 874. The summed E-state index contributed by atoms with van der Waals surface area (Å²) in [6, 6.07) is 14.8. The van der Waals surface area contributed by atoms with Crippen LogP contribution in [-0.2, 0) is 4.79 Å². The molecule has 5 heteroatoms. The molecular weight excluding hydrogens is 401 g/mol. The van der Waals surface area contributed by atoms with Crippen LogP contribution in [0.5, 0.6) is 0 Å². The average Bonchev–Trinajstić information content (AvgIpc) is 2.77. The van der Waals surface area contributed by atoms with E-state index in [4.69, 9.17) is 0 Å². The predicted molar refractivity (Wildman–Crippen MR) is 116 cm³/mol. The lowest BCUT2D eigenvalue weighted by molar-refractivity contribution is -0.170. The fourth-order valence-corrected chi connectivity index (χ4v) is 4.42. The third-order valence-corrected chi connectivity index (χ3v) is 6.37. The molecule has 3 rings (SSSR count). The minimum Gasteiger partial charge on any atom is -0.294 e. The topological polar surface area (TPSA) is 34.1 Å². The summed E-state index contributed by atoms with van der Waals surface area (Å²) in [6.45, 7) is 2.24. The molecule has 0 amide bonds. The summed E-state index contributed by atoms with van der Waals surface area (Å²) >= 11 is 0. The first-order valence-electron chi connectivity index (χ1n) is 11.1. The summed E-state index contributed by atoms with van der Waals surface area (Å²) in [5.41, 5.74) is 3.34. The quantitative estimate of drug-likeness (QED) is 0.320. The molecule has 0 aliphatic heterocycles. The molecule has 0 aromatic heterocycles. The van der Waals surface area contributed by atoms with Crippen molar-refractivity contribution in [3.05, 3.63) is 59.7 Å². The van der Waals surface area contributed by atoms with E-state index in [0.29, 0.717) is 5.92 Å². The van der Waals surface area contributed by atoms with Crippen LogP contribution < -0.4 is 0 Å². The molecule has 0 radical (unpaired) electrons. The van der Waals surface area contributed by atoms with Gasteiger partial charge in [0.15, 0.2) is 5.78 Å².